The number of fused-ring (bicyclic) bond motifs is 1. The van der Waals surface area contributed by atoms with E-state index in [4.69, 9.17) is 11.6 Å². The Hall–Kier alpha value is -4.77. The molecule has 1 fully saturated rings. The Morgan fingerprint density at radius 1 is 1.14 bits per heavy atom. The molecular weight excluding hydrogens is 562 g/mol. The van der Waals surface area contributed by atoms with Gasteiger partial charge < -0.3 is 16.1 Å². The Morgan fingerprint density at radius 3 is 2.60 bits per heavy atom. The van der Waals surface area contributed by atoms with Gasteiger partial charge >= 0.3 is 0 Å². The minimum absolute atomic E-state index is 0.217. The quantitative estimate of drug-likeness (QED) is 0.177. The Morgan fingerprint density at radius 2 is 1.91 bits per heavy atom. The molecule has 0 radical (unpaired) electrons. The van der Waals surface area contributed by atoms with Crippen LogP contribution < -0.4 is 21.6 Å². The van der Waals surface area contributed by atoms with Crippen molar-refractivity contribution in [2.45, 2.75) is 43.2 Å². The normalized spacial score (nSPS) is 16.4. The van der Waals surface area contributed by atoms with Crippen molar-refractivity contribution >= 4 is 41.7 Å². The number of hydrazine groups is 2. The van der Waals surface area contributed by atoms with Gasteiger partial charge in [0.1, 0.15) is 19.7 Å². The summed E-state index contributed by atoms with van der Waals surface area (Å²) in [4.78, 5) is 4.52. The van der Waals surface area contributed by atoms with Gasteiger partial charge in [0.15, 0.2) is 0 Å². The summed E-state index contributed by atoms with van der Waals surface area (Å²) in [5.74, 6) is -0.318. The lowest BCUT2D eigenvalue weighted by atomic mass is 9.69. The van der Waals surface area contributed by atoms with Crippen LogP contribution >= 0.6 is 11.6 Å². The molecule has 6 rings (SSSR count). The zero-order valence-corrected chi connectivity index (χ0v) is 24.3. The molecule has 0 saturated heterocycles. The number of rotatable bonds is 10. The van der Waals surface area contributed by atoms with E-state index in [1.54, 1.807) is 18.2 Å². The van der Waals surface area contributed by atoms with E-state index < -0.39 is 5.44 Å². The van der Waals surface area contributed by atoms with Crippen LogP contribution in [0.15, 0.2) is 84.8 Å². The van der Waals surface area contributed by atoms with Crippen molar-refractivity contribution in [3.63, 3.8) is 0 Å². The maximum Gasteiger partial charge on any atom is 0.148 e. The minimum atomic E-state index is -0.811. The molecule has 0 spiro atoms. The molecule has 1 saturated carbocycles. The highest BCUT2D eigenvalue weighted by atomic mass is 35.5. The molecule has 2 atom stereocenters. The molecule has 0 bridgehead atoms. The second-order valence-corrected chi connectivity index (χ2v) is 11.4. The molecule has 11 heteroatoms. The van der Waals surface area contributed by atoms with Crippen molar-refractivity contribution < 1.29 is 4.39 Å². The summed E-state index contributed by atoms with van der Waals surface area (Å²) in [6, 6.07) is 24.7. The van der Waals surface area contributed by atoms with Crippen LogP contribution in [0.4, 0.5) is 15.8 Å². The number of hydrogen-bond acceptors (Lipinski definition) is 8. The fourth-order valence-corrected chi connectivity index (χ4v) is 5.73. The number of anilines is 2. The van der Waals surface area contributed by atoms with Gasteiger partial charge in [-0.3, -0.25) is 9.99 Å². The van der Waals surface area contributed by atoms with Gasteiger partial charge in [-0.1, -0.05) is 54.1 Å². The van der Waals surface area contributed by atoms with Crippen molar-refractivity contribution in [1.82, 2.24) is 21.0 Å². The summed E-state index contributed by atoms with van der Waals surface area (Å²) in [6.45, 7) is 0. The molecule has 0 amide bonds. The SMILES string of the molecule is BC(Nc1cc(Cl)c2ncc(C#N)c(NC(CCC#N)c3ccccc3)c2c1)(C1=CN(C2CC2)NN1)c1ccc(F)cc1. The zero-order chi connectivity index (χ0) is 30.0. The van der Waals surface area contributed by atoms with Crippen LogP contribution in [-0.2, 0) is 5.44 Å². The Bertz CT molecular complexity index is 1770. The van der Waals surface area contributed by atoms with E-state index in [0.717, 1.165) is 29.7 Å². The molecule has 1 aliphatic carbocycles. The molecule has 214 valence electrons. The van der Waals surface area contributed by atoms with E-state index in [1.165, 1.54) is 18.3 Å². The van der Waals surface area contributed by atoms with Crippen LogP contribution in [0, 0.1) is 28.5 Å². The van der Waals surface area contributed by atoms with Crippen molar-refractivity contribution in [2.24, 2.45) is 0 Å². The predicted octanol–water partition coefficient (Wildman–Crippen LogP) is 5.58. The highest BCUT2D eigenvalue weighted by Crippen LogP contribution is 2.39. The largest absolute Gasteiger partial charge is 0.378 e. The number of benzene rings is 3. The van der Waals surface area contributed by atoms with E-state index >= 15 is 0 Å². The van der Waals surface area contributed by atoms with Gasteiger partial charge in [-0.25, -0.2) is 4.39 Å². The second-order valence-electron chi connectivity index (χ2n) is 11.0. The monoisotopic (exact) mass is 590 g/mol. The lowest BCUT2D eigenvalue weighted by Crippen LogP contribution is -2.45. The summed E-state index contributed by atoms with van der Waals surface area (Å²) >= 11 is 6.84. The first-order valence-corrected chi connectivity index (χ1v) is 14.5. The minimum Gasteiger partial charge on any atom is -0.378 e. The smallest absolute Gasteiger partial charge is 0.148 e. The third-order valence-electron chi connectivity index (χ3n) is 7.99. The van der Waals surface area contributed by atoms with Gasteiger partial charge in [0.05, 0.1) is 45.0 Å². The topological polar surface area (TPSA) is 112 Å². The first-order chi connectivity index (χ1) is 20.9. The molecule has 3 aromatic carbocycles. The predicted molar refractivity (Wildman–Crippen MR) is 169 cm³/mol. The maximum atomic E-state index is 14.0. The summed E-state index contributed by atoms with van der Waals surface area (Å²) in [5, 5.41) is 29.7. The number of nitrogens with one attached hydrogen (secondary N) is 4. The lowest BCUT2D eigenvalue weighted by Gasteiger charge is -2.34. The number of aromatic nitrogens is 1. The van der Waals surface area contributed by atoms with Crippen molar-refractivity contribution in [1.29, 1.82) is 10.5 Å². The molecule has 1 aromatic heterocycles. The van der Waals surface area contributed by atoms with E-state index in [2.05, 4.69) is 43.7 Å². The molecular formula is C32H29BClFN8. The fraction of sp³-hybridized carbons (Fsp3) is 0.219. The van der Waals surface area contributed by atoms with Gasteiger partial charge in [0.2, 0.25) is 0 Å². The number of hydrogen-bond donors (Lipinski definition) is 4. The number of nitriles is 2. The van der Waals surface area contributed by atoms with E-state index in [9.17, 15) is 14.9 Å². The zero-order valence-electron chi connectivity index (χ0n) is 23.5. The molecule has 4 N–H and O–H groups in total. The molecule has 8 nitrogen and oxygen atoms in total. The highest BCUT2D eigenvalue weighted by molar-refractivity contribution is 6.36. The van der Waals surface area contributed by atoms with Gasteiger partial charge in [0, 0.05) is 35.9 Å². The van der Waals surface area contributed by atoms with Crippen LogP contribution in [0.3, 0.4) is 0 Å². The number of halogens is 2. The van der Waals surface area contributed by atoms with E-state index in [0.29, 0.717) is 51.7 Å². The summed E-state index contributed by atoms with van der Waals surface area (Å²) in [5.41, 5.74) is 10.6. The van der Waals surface area contributed by atoms with Crippen LogP contribution in [0.1, 0.15) is 48.4 Å². The van der Waals surface area contributed by atoms with Crippen LogP contribution in [0.5, 0.6) is 0 Å². The Balaban J connectivity index is 1.44. The molecule has 1 aliphatic heterocycles. The lowest BCUT2D eigenvalue weighted by molar-refractivity contribution is 0.260. The highest BCUT2D eigenvalue weighted by Gasteiger charge is 2.38. The Labute approximate surface area is 255 Å². The average molecular weight is 591 g/mol. The molecule has 2 aliphatic rings. The maximum absolute atomic E-state index is 14.0. The van der Waals surface area contributed by atoms with Gasteiger partial charge in [-0.05, 0) is 54.7 Å². The van der Waals surface area contributed by atoms with E-state index in [-0.39, 0.29) is 11.9 Å². The van der Waals surface area contributed by atoms with E-state index in [1.807, 2.05) is 50.4 Å². The van der Waals surface area contributed by atoms with Gasteiger partial charge in [0.25, 0.3) is 0 Å². The van der Waals surface area contributed by atoms with Crippen molar-refractivity contribution in [2.75, 3.05) is 10.6 Å². The summed E-state index contributed by atoms with van der Waals surface area (Å²) < 4.78 is 14.0. The number of pyridine rings is 1. The van der Waals surface area contributed by atoms with Gasteiger partial charge in [-0.15, -0.1) is 5.53 Å². The van der Waals surface area contributed by atoms with Gasteiger partial charge in [-0.2, -0.15) is 10.5 Å². The van der Waals surface area contributed by atoms with Crippen LogP contribution in [0.25, 0.3) is 10.9 Å². The van der Waals surface area contributed by atoms with Crippen LogP contribution in [-0.4, -0.2) is 23.9 Å². The first kappa shape index (κ1) is 28.4. The molecule has 2 heterocycles. The summed E-state index contributed by atoms with van der Waals surface area (Å²) in [6.07, 6.45) is 6.68. The molecule has 43 heavy (non-hydrogen) atoms. The third-order valence-corrected chi connectivity index (χ3v) is 8.28. The van der Waals surface area contributed by atoms with Crippen LogP contribution in [0.2, 0.25) is 5.02 Å². The van der Waals surface area contributed by atoms with Crippen molar-refractivity contribution in [3.05, 3.63) is 112 Å². The second kappa shape index (κ2) is 11.8. The Kier molecular flexibility index (Phi) is 7.81. The standard InChI is InChI=1S/C32H29BClFN8/c33-32(22-8-10-23(35)11-9-22,29-19-43(42-41-29)25-12-13-25)40-24-15-26-30(21(17-37)18-38-31(26)27(34)16-24)39-28(7-4-14-36)20-5-2-1-3-6-20/h1-3,5-6,8-11,15-16,18-19,25,28,40-42H,4,7,12-13,33H2,(H,38,39). The average Bonchev–Trinajstić information content (AvgIpc) is 3.75. The van der Waals surface area contributed by atoms with Crippen molar-refractivity contribution in [3.8, 4) is 12.1 Å². The third kappa shape index (κ3) is 5.81. The first-order valence-electron chi connectivity index (χ1n) is 14.2. The summed E-state index contributed by atoms with van der Waals surface area (Å²) in [7, 11) is 2.02. The molecule has 2 unspecified atom stereocenters. The fourth-order valence-electron chi connectivity index (χ4n) is 5.46. The number of nitrogens with zero attached hydrogens (tertiary/aromatic N) is 4. The molecule has 4 aromatic rings.